The zero-order chi connectivity index (χ0) is 16.9. The van der Waals surface area contributed by atoms with Crippen molar-refractivity contribution in [3.63, 3.8) is 0 Å². The quantitative estimate of drug-likeness (QED) is 0.419. The number of rotatable bonds is 12. The summed E-state index contributed by atoms with van der Waals surface area (Å²) in [6.07, 6.45) is 13.3. The molecule has 0 spiro atoms. The number of unbranched alkanes of at least 4 members (excludes halogenated alkanes) is 8. The molecular weight excluding hydrogens is 286 g/mol. The van der Waals surface area contributed by atoms with E-state index in [0.717, 1.165) is 13.0 Å². The average molecular weight is 319 g/mol. The summed E-state index contributed by atoms with van der Waals surface area (Å²) in [4.78, 5) is 16.6. The molecule has 0 aliphatic carbocycles. The minimum absolute atomic E-state index is 0.0184. The molecule has 0 fully saturated rings. The van der Waals surface area contributed by atoms with Gasteiger partial charge in [0.05, 0.1) is 0 Å². The molecule has 1 rings (SSSR count). The Morgan fingerprint density at radius 3 is 2.09 bits per heavy atom. The lowest BCUT2D eigenvalue weighted by Crippen LogP contribution is -2.42. The van der Waals surface area contributed by atoms with Crippen LogP contribution in [0.25, 0.3) is 0 Å². The molecular formula is C19H33N3O. The number of hydrazine groups is 1. The molecule has 4 nitrogen and oxygen atoms in total. The third-order valence-electron chi connectivity index (χ3n) is 4.07. The van der Waals surface area contributed by atoms with Crippen LogP contribution in [0.1, 0.15) is 75.2 Å². The van der Waals surface area contributed by atoms with Gasteiger partial charge in [0.15, 0.2) is 0 Å². The van der Waals surface area contributed by atoms with Crippen molar-refractivity contribution in [2.24, 2.45) is 0 Å². The molecule has 0 aliphatic rings. The summed E-state index contributed by atoms with van der Waals surface area (Å²) in [5.74, 6) is -0.0184. The molecule has 1 amide bonds. The first-order valence-electron chi connectivity index (χ1n) is 9.07. The van der Waals surface area contributed by atoms with Gasteiger partial charge in [-0.3, -0.25) is 14.8 Å². The molecule has 1 heterocycles. The van der Waals surface area contributed by atoms with Gasteiger partial charge in [0, 0.05) is 26.8 Å². The molecule has 23 heavy (non-hydrogen) atoms. The van der Waals surface area contributed by atoms with Crippen LogP contribution in [0.15, 0.2) is 24.4 Å². The second-order valence-corrected chi connectivity index (χ2v) is 6.32. The Balaban J connectivity index is 2.23. The Labute approximate surface area is 141 Å². The molecule has 0 bridgehead atoms. The number of hydrogen-bond acceptors (Lipinski definition) is 3. The van der Waals surface area contributed by atoms with Gasteiger partial charge in [0.25, 0.3) is 5.91 Å². The Morgan fingerprint density at radius 2 is 1.57 bits per heavy atom. The molecule has 0 saturated heterocycles. The maximum atomic E-state index is 12.5. The highest BCUT2D eigenvalue weighted by Gasteiger charge is 2.18. The Hall–Kier alpha value is -1.42. The predicted molar refractivity (Wildman–Crippen MR) is 96.2 cm³/mol. The van der Waals surface area contributed by atoms with Crippen LogP contribution in [-0.4, -0.2) is 41.5 Å². The monoisotopic (exact) mass is 319 g/mol. The van der Waals surface area contributed by atoms with Crippen LogP contribution in [-0.2, 0) is 0 Å². The average Bonchev–Trinajstić information content (AvgIpc) is 2.56. The van der Waals surface area contributed by atoms with Gasteiger partial charge in [-0.05, 0) is 18.6 Å². The number of hydrogen-bond donors (Lipinski definition) is 0. The Kier molecular flexibility index (Phi) is 10.3. The summed E-state index contributed by atoms with van der Waals surface area (Å²) in [6.45, 7) is 3.01. The first-order chi connectivity index (χ1) is 11.2. The maximum Gasteiger partial charge on any atom is 0.286 e. The lowest BCUT2D eigenvalue weighted by atomic mass is 10.1. The van der Waals surface area contributed by atoms with E-state index in [4.69, 9.17) is 0 Å². The van der Waals surface area contributed by atoms with E-state index in [1.165, 1.54) is 51.4 Å². The third kappa shape index (κ3) is 8.12. The molecule has 4 heteroatoms. The largest absolute Gasteiger partial charge is 0.286 e. The van der Waals surface area contributed by atoms with Crippen LogP contribution in [0.5, 0.6) is 0 Å². The van der Waals surface area contributed by atoms with E-state index in [1.54, 1.807) is 17.3 Å². The Morgan fingerprint density at radius 1 is 0.957 bits per heavy atom. The standard InChI is InChI=1S/C19H33N3O/c1-4-5-6-7-8-9-10-11-14-17-22(21(2)3)19(23)18-15-12-13-16-20-18/h12-13,15-16H,4-11,14,17H2,1-3H3. The first kappa shape index (κ1) is 19.6. The molecule has 0 aliphatic heterocycles. The molecule has 0 N–H and O–H groups in total. The lowest BCUT2D eigenvalue weighted by molar-refractivity contribution is 0.0186. The van der Waals surface area contributed by atoms with Crippen LogP contribution in [0.4, 0.5) is 0 Å². The topological polar surface area (TPSA) is 36.4 Å². The van der Waals surface area contributed by atoms with Crippen molar-refractivity contribution in [1.29, 1.82) is 0 Å². The summed E-state index contributed by atoms with van der Waals surface area (Å²) in [5, 5.41) is 3.64. The SMILES string of the molecule is CCCCCCCCCCCN(C(=O)c1ccccn1)N(C)C. The Bertz CT molecular complexity index is 420. The number of nitrogens with zero attached hydrogens (tertiary/aromatic N) is 3. The number of pyridine rings is 1. The summed E-state index contributed by atoms with van der Waals surface area (Å²) < 4.78 is 0. The summed E-state index contributed by atoms with van der Waals surface area (Å²) >= 11 is 0. The van der Waals surface area contributed by atoms with E-state index in [-0.39, 0.29) is 5.91 Å². The van der Waals surface area contributed by atoms with E-state index < -0.39 is 0 Å². The van der Waals surface area contributed by atoms with Crippen LogP contribution in [0.3, 0.4) is 0 Å². The first-order valence-corrected chi connectivity index (χ1v) is 9.07. The molecule has 0 saturated carbocycles. The van der Waals surface area contributed by atoms with E-state index in [2.05, 4.69) is 11.9 Å². The summed E-state index contributed by atoms with van der Waals surface area (Å²) in [7, 11) is 3.82. The minimum Gasteiger partial charge on any atom is -0.270 e. The molecule has 0 atom stereocenters. The van der Waals surface area contributed by atoms with Crippen molar-refractivity contribution in [3.05, 3.63) is 30.1 Å². The third-order valence-corrected chi connectivity index (χ3v) is 4.07. The van der Waals surface area contributed by atoms with Gasteiger partial charge < -0.3 is 0 Å². The second-order valence-electron chi connectivity index (χ2n) is 6.32. The summed E-state index contributed by atoms with van der Waals surface area (Å²) in [6, 6.07) is 5.46. The van der Waals surface area contributed by atoms with Gasteiger partial charge in [0.1, 0.15) is 5.69 Å². The van der Waals surface area contributed by atoms with Crippen LogP contribution >= 0.6 is 0 Å². The van der Waals surface area contributed by atoms with Crippen molar-refractivity contribution in [3.8, 4) is 0 Å². The molecule has 0 radical (unpaired) electrons. The fourth-order valence-corrected chi connectivity index (χ4v) is 2.68. The van der Waals surface area contributed by atoms with E-state index >= 15 is 0 Å². The van der Waals surface area contributed by atoms with Crippen LogP contribution in [0.2, 0.25) is 0 Å². The highest BCUT2D eigenvalue weighted by atomic mass is 16.2. The summed E-state index contributed by atoms with van der Waals surface area (Å²) in [5.41, 5.74) is 0.511. The molecule has 0 aromatic carbocycles. The van der Waals surface area contributed by atoms with Crippen molar-refractivity contribution in [1.82, 2.24) is 15.0 Å². The van der Waals surface area contributed by atoms with Crippen LogP contribution in [0, 0.1) is 0 Å². The van der Waals surface area contributed by atoms with Crippen LogP contribution < -0.4 is 0 Å². The second kappa shape index (κ2) is 12.1. The van der Waals surface area contributed by atoms with Crippen molar-refractivity contribution in [2.45, 2.75) is 64.7 Å². The van der Waals surface area contributed by atoms with E-state index in [1.807, 2.05) is 31.2 Å². The fraction of sp³-hybridized carbons (Fsp3) is 0.684. The van der Waals surface area contributed by atoms with Crippen molar-refractivity contribution >= 4 is 5.91 Å². The zero-order valence-electron chi connectivity index (χ0n) is 15.1. The van der Waals surface area contributed by atoms with Gasteiger partial charge in [-0.2, -0.15) is 0 Å². The predicted octanol–water partition coefficient (Wildman–Crippen LogP) is 4.53. The highest BCUT2D eigenvalue weighted by Crippen LogP contribution is 2.11. The molecule has 1 aromatic heterocycles. The van der Waals surface area contributed by atoms with E-state index in [0.29, 0.717) is 5.69 Å². The highest BCUT2D eigenvalue weighted by molar-refractivity contribution is 5.91. The minimum atomic E-state index is -0.0184. The van der Waals surface area contributed by atoms with Gasteiger partial charge >= 0.3 is 0 Å². The van der Waals surface area contributed by atoms with Crippen molar-refractivity contribution < 1.29 is 4.79 Å². The molecule has 0 unspecified atom stereocenters. The lowest BCUT2D eigenvalue weighted by Gasteiger charge is -2.28. The van der Waals surface area contributed by atoms with Crippen molar-refractivity contribution in [2.75, 3.05) is 20.6 Å². The normalized spacial score (nSPS) is 11.0. The fourth-order valence-electron chi connectivity index (χ4n) is 2.68. The number of carbonyl (C=O) groups excluding carboxylic acids is 1. The molecule has 130 valence electrons. The van der Waals surface area contributed by atoms with E-state index in [9.17, 15) is 4.79 Å². The molecule has 1 aromatic rings. The number of carbonyl (C=O) groups is 1. The maximum absolute atomic E-state index is 12.5. The van der Waals surface area contributed by atoms with Gasteiger partial charge in [-0.25, -0.2) is 5.01 Å². The van der Waals surface area contributed by atoms with Gasteiger partial charge in [-0.1, -0.05) is 64.4 Å². The van der Waals surface area contributed by atoms with Gasteiger partial charge in [-0.15, -0.1) is 0 Å². The van der Waals surface area contributed by atoms with Gasteiger partial charge in [0.2, 0.25) is 0 Å². The zero-order valence-corrected chi connectivity index (χ0v) is 15.1. The number of amides is 1. The smallest absolute Gasteiger partial charge is 0.270 e. The number of aromatic nitrogens is 1.